The summed E-state index contributed by atoms with van der Waals surface area (Å²) in [5.41, 5.74) is -0.947. The Labute approximate surface area is 179 Å². The van der Waals surface area contributed by atoms with E-state index in [1.807, 2.05) is 32.9 Å². The first-order chi connectivity index (χ1) is 13.7. The highest BCUT2D eigenvalue weighted by Crippen LogP contribution is 2.34. The van der Waals surface area contributed by atoms with Crippen LogP contribution in [0.5, 0.6) is 0 Å². The smallest absolute Gasteiger partial charge is 0.256 e. The first-order valence-electron chi connectivity index (χ1n) is 9.58. The van der Waals surface area contributed by atoms with Gasteiger partial charge in [0.2, 0.25) is 5.91 Å². The van der Waals surface area contributed by atoms with E-state index >= 15 is 0 Å². The molecule has 158 valence electrons. The lowest BCUT2D eigenvalue weighted by molar-refractivity contribution is -0.128. The van der Waals surface area contributed by atoms with Gasteiger partial charge < -0.3 is 15.4 Å². The van der Waals surface area contributed by atoms with Gasteiger partial charge in [0.05, 0.1) is 34.0 Å². The fourth-order valence-electron chi connectivity index (χ4n) is 3.46. The molecule has 0 radical (unpaired) electrons. The van der Waals surface area contributed by atoms with E-state index in [4.69, 9.17) is 16.3 Å². The molecular formula is C20H27ClN4O3S. The van der Waals surface area contributed by atoms with Crippen LogP contribution in [0.15, 0.2) is 18.2 Å². The number of nitrogens with one attached hydrogen (secondary N) is 2. The van der Waals surface area contributed by atoms with E-state index in [0.717, 1.165) is 11.3 Å². The minimum atomic E-state index is -0.767. The summed E-state index contributed by atoms with van der Waals surface area (Å²) in [6.45, 7) is 6.94. The summed E-state index contributed by atoms with van der Waals surface area (Å²) in [6, 6.07) is 5.58. The van der Waals surface area contributed by atoms with Crippen molar-refractivity contribution in [1.29, 1.82) is 0 Å². The Morgan fingerprint density at radius 1 is 1.48 bits per heavy atom. The SMILES string of the molecule is COCC(C)(C)C(=O)n1nc(C2(C)CCCNC2=O)cc1NCc1ccc(Cl)s1. The van der Waals surface area contributed by atoms with Crippen LogP contribution < -0.4 is 10.6 Å². The lowest BCUT2D eigenvalue weighted by Crippen LogP contribution is -2.47. The van der Waals surface area contributed by atoms with Gasteiger partial charge in [-0.1, -0.05) is 11.6 Å². The van der Waals surface area contributed by atoms with Crippen molar-refractivity contribution in [1.82, 2.24) is 15.1 Å². The quantitative estimate of drug-likeness (QED) is 0.688. The third-order valence-electron chi connectivity index (χ3n) is 5.26. The Morgan fingerprint density at radius 3 is 2.86 bits per heavy atom. The predicted octanol–water partition coefficient (Wildman–Crippen LogP) is 3.69. The summed E-state index contributed by atoms with van der Waals surface area (Å²) in [5, 5.41) is 10.8. The van der Waals surface area contributed by atoms with Crippen molar-refractivity contribution in [3.8, 4) is 0 Å². The monoisotopic (exact) mass is 438 g/mol. The minimum Gasteiger partial charge on any atom is -0.384 e. The Kier molecular flexibility index (Phi) is 6.36. The molecule has 0 saturated carbocycles. The lowest BCUT2D eigenvalue weighted by atomic mass is 9.79. The summed E-state index contributed by atoms with van der Waals surface area (Å²) >= 11 is 7.49. The zero-order valence-electron chi connectivity index (χ0n) is 17.2. The Morgan fingerprint density at radius 2 is 2.24 bits per heavy atom. The van der Waals surface area contributed by atoms with E-state index in [1.54, 1.807) is 13.2 Å². The molecule has 29 heavy (non-hydrogen) atoms. The molecule has 2 aromatic rings. The second-order valence-corrected chi connectivity index (χ2v) is 10.00. The second-order valence-electron chi connectivity index (χ2n) is 8.20. The van der Waals surface area contributed by atoms with Crippen LogP contribution in [0, 0.1) is 5.41 Å². The molecule has 9 heteroatoms. The zero-order chi connectivity index (χ0) is 21.2. The summed E-state index contributed by atoms with van der Waals surface area (Å²) in [5.74, 6) is 0.295. The molecule has 1 atom stereocenters. The number of nitrogens with zero attached hydrogens (tertiary/aromatic N) is 2. The molecule has 0 bridgehead atoms. The van der Waals surface area contributed by atoms with Crippen molar-refractivity contribution < 1.29 is 14.3 Å². The number of hydrogen-bond acceptors (Lipinski definition) is 6. The average Bonchev–Trinajstić information content (AvgIpc) is 3.28. The maximum Gasteiger partial charge on any atom is 0.256 e. The topological polar surface area (TPSA) is 85.2 Å². The fraction of sp³-hybridized carbons (Fsp3) is 0.550. The van der Waals surface area contributed by atoms with E-state index in [1.165, 1.54) is 16.0 Å². The predicted molar refractivity (Wildman–Crippen MR) is 115 cm³/mol. The molecule has 1 unspecified atom stereocenters. The number of aromatic nitrogens is 2. The Hall–Kier alpha value is -1.90. The number of hydrogen-bond donors (Lipinski definition) is 2. The van der Waals surface area contributed by atoms with Gasteiger partial charge in [-0.05, 0) is 45.7 Å². The number of piperidine rings is 1. The van der Waals surface area contributed by atoms with Crippen molar-refractivity contribution >= 4 is 40.6 Å². The highest BCUT2D eigenvalue weighted by molar-refractivity contribution is 7.16. The van der Waals surface area contributed by atoms with Gasteiger partial charge >= 0.3 is 0 Å². The minimum absolute atomic E-state index is 0.0615. The zero-order valence-corrected chi connectivity index (χ0v) is 18.7. The van der Waals surface area contributed by atoms with E-state index in [2.05, 4.69) is 15.7 Å². The van der Waals surface area contributed by atoms with Crippen molar-refractivity contribution in [2.45, 2.75) is 45.6 Å². The molecular weight excluding hydrogens is 412 g/mol. The molecule has 1 fully saturated rings. The van der Waals surface area contributed by atoms with E-state index in [9.17, 15) is 9.59 Å². The van der Waals surface area contributed by atoms with Gasteiger partial charge in [0.1, 0.15) is 5.82 Å². The molecule has 3 heterocycles. The first-order valence-corrected chi connectivity index (χ1v) is 10.8. The molecule has 0 aromatic carbocycles. The van der Waals surface area contributed by atoms with E-state index < -0.39 is 10.8 Å². The van der Waals surface area contributed by atoms with Gasteiger partial charge in [-0.15, -0.1) is 11.3 Å². The van der Waals surface area contributed by atoms with Gasteiger partial charge in [0.15, 0.2) is 0 Å². The third-order valence-corrected chi connectivity index (χ3v) is 6.50. The standard InChI is InChI=1S/C20H27ClN4O3S/c1-19(2,12-28-4)18(27)25-16(23-11-13-6-7-15(21)29-13)10-14(24-25)20(3)8-5-9-22-17(20)26/h6-7,10,23H,5,8-9,11-12H2,1-4H3,(H,22,26). The van der Waals surface area contributed by atoms with Gasteiger partial charge in [-0.3, -0.25) is 9.59 Å². The van der Waals surface area contributed by atoms with Gasteiger partial charge in [0.25, 0.3) is 5.91 Å². The first kappa shape index (κ1) is 21.8. The number of carbonyl (C=O) groups excluding carboxylic acids is 2. The number of methoxy groups -OCH3 is 1. The van der Waals surface area contributed by atoms with E-state index in [0.29, 0.717) is 35.4 Å². The molecule has 2 aromatic heterocycles. The maximum absolute atomic E-state index is 13.2. The number of rotatable bonds is 7. The van der Waals surface area contributed by atoms with Crippen molar-refractivity contribution in [3.63, 3.8) is 0 Å². The van der Waals surface area contributed by atoms with Crippen LogP contribution in [0.4, 0.5) is 5.82 Å². The lowest BCUT2D eigenvalue weighted by Gasteiger charge is -2.30. The molecule has 0 spiro atoms. The third kappa shape index (κ3) is 4.49. The van der Waals surface area contributed by atoms with Crippen molar-refractivity contribution in [2.75, 3.05) is 25.6 Å². The average molecular weight is 439 g/mol. The molecule has 3 rings (SSSR count). The number of anilines is 1. The molecule has 1 saturated heterocycles. The molecule has 1 aliphatic heterocycles. The van der Waals surface area contributed by atoms with Crippen LogP contribution in [-0.4, -0.2) is 41.9 Å². The highest BCUT2D eigenvalue weighted by atomic mass is 35.5. The summed E-state index contributed by atoms with van der Waals surface area (Å²) in [6.07, 6.45) is 1.56. The molecule has 0 aliphatic carbocycles. The summed E-state index contributed by atoms with van der Waals surface area (Å²) in [4.78, 5) is 26.9. The molecule has 1 amide bonds. The number of carbonyl (C=O) groups is 2. The van der Waals surface area contributed by atoms with Crippen LogP contribution in [0.25, 0.3) is 0 Å². The van der Waals surface area contributed by atoms with Crippen LogP contribution in [0.3, 0.4) is 0 Å². The number of ether oxygens (including phenoxy) is 1. The van der Waals surface area contributed by atoms with Crippen LogP contribution in [-0.2, 0) is 21.5 Å². The van der Waals surface area contributed by atoms with E-state index in [-0.39, 0.29) is 18.4 Å². The van der Waals surface area contributed by atoms with Crippen LogP contribution >= 0.6 is 22.9 Å². The molecule has 1 aliphatic rings. The summed E-state index contributed by atoms with van der Waals surface area (Å²) < 4.78 is 7.30. The maximum atomic E-state index is 13.2. The number of thiophene rings is 1. The molecule has 7 nitrogen and oxygen atoms in total. The Bertz CT molecular complexity index is 907. The fourth-order valence-corrected chi connectivity index (χ4v) is 4.49. The van der Waals surface area contributed by atoms with Crippen LogP contribution in [0.2, 0.25) is 4.34 Å². The van der Waals surface area contributed by atoms with Gasteiger partial charge in [0, 0.05) is 24.6 Å². The largest absolute Gasteiger partial charge is 0.384 e. The van der Waals surface area contributed by atoms with Crippen molar-refractivity contribution in [3.05, 3.63) is 33.1 Å². The van der Waals surface area contributed by atoms with Gasteiger partial charge in [-0.25, -0.2) is 0 Å². The normalized spacial score (nSPS) is 19.8. The highest BCUT2D eigenvalue weighted by Gasteiger charge is 2.41. The second kappa shape index (κ2) is 8.45. The van der Waals surface area contributed by atoms with Crippen LogP contribution in [0.1, 0.15) is 49.0 Å². The Balaban J connectivity index is 1.96. The summed E-state index contributed by atoms with van der Waals surface area (Å²) in [7, 11) is 1.57. The molecule has 2 N–H and O–H groups in total. The number of amides is 1. The number of halogens is 1. The van der Waals surface area contributed by atoms with Crippen molar-refractivity contribution in [2.24, 2.45) is 5.41 Å². The van der Waals surface area contributed by atoms with Gasteiger partial charge in [-0.2, -0.15) is 9.78 Å².